The third-order valence-corrected chi connectivity index (χ3v) is 13.5. The van der Waals surface area contributed by atoms with Gasteiger partial charge >= 0.3 is 0 Å². The van der Waals surface area contributed by atoms with Crippen molar-refractivity contribution in [3.8, 4) is 19.5 Å². The van der Waals surface area contributed by atoms with Crippen LogP contribution in [0.4, 0.5) is 0 Å². The summed E-state index contributed by atoms with van der Waals surface area (Å²) in [6, 6.07) is 28.0. The van der Waals surface area contributed by atoms with E-state index in [1.165, 1.54) is 0 Å². The van der Waals surface area contributed by atoms with Crippen molar-refractivity contribution >= 4 is 73.9 Å². The molecule has 0 atom stereocenters. The summed E-state index contributed by atoms with van der Waals surface area (Å²) >= 11 is 4.75. The molecule has 6 nitrogen and oxygen atoms in total. The van der Waals surface area contributed by atoms with E-state index in [9.17, 15) is 16.8 Å². The van der Waals surface area contributed by atoms with Gasteiger partial charge in [-0.2, -0.15) is 0 Å². The fourth-order valence-corrected chi connectivity index (χ4v) is 10.1. The van der Waals surface area contributed by atoms with E-state index in [0.29, 0.717) is 0 Å². The maximum Gasteiger partial charge on any atom is 0.223 e. The summed E-state index contributed by atoms with van der Waals surface area (Å²) in [5.41, 5.74) is 0. The smallest absolute Gasteiger partial charge is 0.223 e. The van der Waals surface area contributed by atoms with Crippen molar-refractivity contribution in [1.29, 1.82) is 0 Å². The Morgan fingerprint density at radius 1 is 0.463 bits per heavy atom. The first-order valence-electron chi connectivity index (χ1n) is 12.3. The zero-order valence-corrected chi connectivity index (χ0v) is 25.0. The number of rotatable bonds is 6. The van der Waals surface area contributed by atoms with Gasteiger partial charge in [0.15, 0.2) is 10.1 Å². The Balaban J connectivity index is 1.20. The zero-order chi connectivity index (χ0) is 28.2. The van der Waals surface area contributed by atoms with Gasteiger partial charge in [0.2, 0.25) is 19.7 Å². The summed E-state index contributed by atoms with van der Waals surface area (Å²) in [6.45, 7) is 0. The van der Waals surface area contributed by atoms with Gasteiger partial charge in [-0.25, -0.2) is 26.8 Å². The van der Waals surface area contributed by atoms with Crippen LogP contribution >= 0.6 is 34.0 Å². The Bertz CT molecular complexity index is 2130. The summed E-state index contributed by atoms with van der Waals surface area (Å²) in [5, 5.41) is 1.70. The molecule has 0 aliphatic carbocycles. The van der Waals surface area contributed by atoms with E-state index in [4.69, 9.17) is 0 Å². The molecule has 0 saturated carbocycles. The fraction of sp³-hybridized carbons (Fsp3) is 0. The van der Waals surface area contributed by atoms with Gasteiger partial charge in [0.25, 0.3) is 0 Å². The van der Waals surface area contributed by atoms with E-state index in [2.05, 4.69) is 9.97 Å². The van der Waals surface area contributed by atoms with E-state index in [1.54, 1.807) is 119 Å². The molecule has 41 heavy (non-hydrogen) atoms. The Kier molecular flexibility index (Phi) is 6.36. The monoisotopic (exact) mass is 630 g/mol. The molecule has 0 fully saturated rings. The third-order valence-electron chi connectivity index (χ3n) is 6.51. The fourth-order valence-electron chi connectivity index (χ4n) is 4.43. The van der Waals surface area contributed by atoms with Gasteiger partial charge in [-0.3, -0.25) is 0 Å². The third kappa shape index (κ3) is 4.69. The molecule has 5 heterocycles. The number of sulfone groups is 2. The Hall–Kier alpha value is -3.74. The quantitative estimate of drug-likeness (QED) is 0.185. The standard InChI is InChI=1S/C30H18N2O4S5/c33-40(34,21-7-3-1-4-8-21)29-15-19-13-25(38-27(19)17-31-29)23-11-12-24(37-23)26-14-20-16-30(32-18-28(20)39-26)41(35,36)22-9-5-2-6-10-22/h1-18H. The first kappa shape index (κ1) is 26.2. The van der Waals surface area contributed by atoms with E-state index < -0.39 is 19.7 Å². The van der Waals surface area contributed by atoms with Gasteiger partial charge in [0.05, 0.1) is 19.2 Å². The molecular formula is C30H18N2O4S5. The van der Waals surface area contributed by atoms with Crippen molar-refractivity contribution in [2.75, 3.05) is 0 Å². The van der Waals surface area contributed by atoms with Gasteiger partial charge in [-0.05, 0) is 71.4 Å². The summed E-state index contributed by atoms with van der Waals surface area (Å²) in [5.74, 6) is 0. The molecule has 5 aromatic heterocycles. The summed E-state index contributed by atoms with van der Waals surface area (Å²) in [4.78, 5) is 13.1. The van der Waals surface area contributed by atoms with Gasteiger partial charge in [-0.15, -0.1) is 34.0 Å². The van der Waals surface area contributed by atoms with Crippen LogP contribution in [0, 0.1) is 0 Å². The molecule has 0 N–H and O–H groups in total. The van der Waals surface area contributed by atoms with Gasteiger partial charge < -0.3 is 0 Å². The van der Waals surface area contributed by atoms with Crippen LogP contribution in [-0.4, -0.2) is 26.8 Å². The van der Waals surface area contributed by atoms with Crippen LogP contribution in [0.3, 0.4) is 0 Å². The number of nitrogens with zero attached hydrogens (tertiary/aromatic N) is 2. The number of hydrogen-bond acceptors (Lipinski definition) is 9. The van der Waals surface area contributed by atoms with Crippen molar-refractivity contribution in [3.05, 3.63) is 109 Å². The molecule has 0 amide bonds. The lowest BCUT2D eigenvalue weighted by molar-refractivity contribution is 0.591. The second-order valence-electron chi connectivity index (χ2n) is 9.14. The summed E-state index contributed by atoms with van der Waals surface area (Å²) in [7, 11) is -7.41. The van der Waals surface area contributed by atoms with Gasteiger partial charge in [0, 0.05) is 31.9 Å². The maximum absolute atomic E-state index is 13.0. The molecule has 0 bridgehead atoms. The van der Waals surface area contributed by atoms with Crippen molar-refractivity contribution in [2.45, 2.75) is 19.8 Å². The van der Waals surface area contributed by atoms with E-state index >= 15 is 0 Å². The molecule has 0 spiro atoms. The van der Waals surface area contributed by atoms with Gasteiger partial charge in [-0.1, -0.05) is 36.4 Å². The first-order chi connectivity index (χ1) is 19.8. The number of benzene rings is 2. The highest BCUT2D eigenvalue weighted by molar-refractivity contribution is 7.91. The lowest BCUT2D eigenvalue weighted by Crippen LogP contribution is -2.03. The van der Waals surface area contributed by atoms with Crippen LogP contribution in [0.1, 0.15) is 0 Å². The second-order valence-corrected chi connectivity index (χ2v) is 16.2. The Morgan fingerprint density at radius 3 is 1.29 bits per heavy atom. The lowest BCUT2D eigenvalue weighted by atomic mass is 10.3. The minimum atomic E-state index is -3.70. The summed E-state index contributed by atoms with van der Waals surface area (Å²) < 4.78 is 54.0. The van der Waals surface area contributed by atoms with Gasteiger partial charge in [0.1, 0.15) is 0 Å². The van der Waals surface area contributed by atoms with E-state index in [1.807, 2.05) is 24.3 Å². The van der Waals surface area contributed by atoms with E-state index in [-0.39, 0.29) is 19.8 Å². The highest BCUT2D eigenvalue weighted by atomic mass is 32.2. The molecule has 2 aromatic carbocycles. The predicted octanol–water partition coefficient (Wildman–Crippen LogP) is 7.97. The van der Waals surface area contributed by atoms with Crippen LogP contribution in [0.5, 0.6) is 0 Å². The van der Waals surface area contributed by atoms with Crippen LogP contribution in [0.25, 0.3) is 39.7 Å². The van der Waals surface area contributed by atoms with E-state index in [0.717, 1.165) is 39.7 Å². The van der Waals surface area contributed by atoms with Crippen molar-refractivity contribution in [2.24, 2.45) is 0 Å². The predicted molar refractivity (Wildman–Crippen MR) is 165 cm³/mol. The summed E-state index contributed by atoms with van der Waals surface area (Å²) in [6.07, 6.45) is 3.24. The molecule has 7 rings (SSSR count). The number of thiophene rings is 3. The highest BCUT2D eigenvalue weighted by Crippen LogP contribution is 2.43. The van der Waals surface area contributed by atoms with Crippen LogP contribution in [-0.2, 0) is 19.7 Å². The number of hydrogen-bond donors (Lipinski definition) is 0. The minimum absolute atomic E-state index is 0.0277. The van der Waals surface area contributed by atoms with Crippen molar-refractivity contribution < 1.29 is 16.8 Å². The molecule has 0 aliphatic heterocycles. The number of fused-ring (bicyclic) bond motifs is 2. The molecule has 11 heteroatoms. The SMILES string of the molecule is O=S(=O)(c1ccccc1)c1cc2cc(-c3ccc(-c4cc5cc(S(=O)(=O)c6ccccc6)ncc5s4)s3)sc2cn1. The molecule has 0 unspecified atom stereocenters. The maximum atomic E-state index is 13.0. The zero-order valence-electron chi connectivity index (χ0n) is 21.0. The number of aromatic nitrogens is 2. The van der Waals surface area contributed by atoms with Crippen molar-refractivity contribution in [3.63, 3.8) is 0 Å². The minimum Gasteiger partial charge on any atom is -0.243 e. The molecule has 0 saturated heterocycles. The second kappa shape index (κ2) is 9.97. The molecule has 7 aromatic rings. The molecule has 0 aliphatic rings. The normalized spacial score (nSPS) is 12.3. The first-order valence-corrected chi connectivity index (χ1v) is 17.7. The molecule has 0 radical (unpaired) electrons. The topological polar surface area (TPSA) is 94.1 Å². The lowest BCUT2D eigenvalue weighted by Gasteiger charge is -2.03. The average molecular weight is 631 g/mol. The largest absolute Gasteiger partial charge is 0.243 e. The molecular weight excluding hydrogens is 613 g/mol. The number of pyridine rings is 2. The van der Waals surface area contributed by atoms with Crippen LogP contribution in [0.15, 0.2) is 129 Å². The van der Waals surface area contributed by atoms with Crippen molar-refractivity contribution in [1.82, 2.24) is 9.97 Å². The van der Waals surface area contributed by atoms with Crippen LogP contribution in [0.2, 0.25) is 0 Å². The highest BCUT2D eigenvalue weighted by Gasteiger charge is 2.22. The Morgan fingerprint density at radius 2 is 0.878 bits per heavy atom. The molecule has 202 valence electrons. The average Bonchev–Trinajstić information content (AvgIpc) is 3.75. The van der Waals surface area contributed by atoms with Crippen LogP contribution < -0.4 is 0 Å². The Labute approximate surface area is 248 Å².